The summed E-state index contributed by atoms with van der Waals surface area (Å²) in [6, 6.07) is 8.06. The highest BCUT2D eigenvalue weighted by Crippen LogP contribution is 2.64. The third-order valence-corrected chi connectivity index (χ3v) is 6.18. The van der Waals surface area contributed by atoms with Crippen molar-refractivity contribution in [2.45, 2.75) is 39.7 Å². The molecule has 0 radical (unpaired) electrons. The number of hydrogen-bond donors (Lipinski definition) is 1. The summed E-state index contributed by atoms with van der Waals surface area (Å²) in [7, 11) is 0. The Labute approximate surface area is 143 Å². The van der Waals surface area contributed by atoms with Gasteiger partial charge in [0.05, 0.1) is 5.41 Å². The molecule has 3 rings (SSSR count). The Balaban J connectivity index is 1.72. The Morgan fingerprint density at radius 1 is 1.33 bits per heavy atom. The minimum atomic E-state index is -0.283. The zero-order valence-electron chi connectivity index (χ0n) is 14.5. The lowest BCUT2D eigenvalue weighted by Crippen LogP contribution is -2.33. The van der Waals surface area contributed by atoms with E-state index in [0.29, 0.717) is 18.2 Å². The molecule has 1 aromatic carbocycles. The maximum atomic E-state index is 12.5. The zero-order chi connectivity index (χ0) is 17.4. The number of Topliss-reactive ketones (excluding diaryl/α,β-unsaturated/α-hetero) is 1. The second-order valence-corrected chi connectivity index (χ2v) is 7.55. The average Bonchev–Trinajstić information content (AvgIpc) is 2.93. The van der Waals surface area contributed by atoms with Gasteiger partial charge in [-0.05, 0) is 41.4 Å². The van der Waals surface area contributed by atoms with Crippen LogP contribution in [0.15, 0.2) is 43.0 Å². The molecule has 2 bridgehead atoms. The number of carbonyl (C=O) groups is 2. The summed E-state index contributed by atoms with van der Waals surface area (Å²) in [4.78, 5) is 23.7. The van der Waals surface area contributed by atoms with E-state index in [2.05, 4.69) is 37.9 Å². The van der Waals surface area contributed by atoms with Crippen molar-refractivity contribution in [1.82, 2.24) is 5.32 Å². The molecule has 0 heterocycles. The molecule has 3 nitrogen and oxygen atoms in total. The fourth-order valence-electron chi connectivity index (χ4n) is 4.35. The van der Waals surface area contributed by atoms with Crippen LogP contribution in [0.4, 0.5) is 0 Å². The second kappa shape index (κ2) is 6.04. The summed E-state index contributed by atoms with van der Waals surface area (Å²) in [5.74, 6) is 0.769. The third kappa shape index (κ3) is 2.62. The second-order valence-electron chi connectivity index (χ2n) is 7.55. The van der Waals surface area contributed by atoms with Gasteiger partial charge in [-0.25, -0.2) is 0 Å². The maximum Gasteiger partial charge on any atom is 0.243 e. The Bertz CT molecular complexity index is 699. The van der Waals surface area contributed by atoms with Gasteiger partial charge in [-0.3, -0.25) is 9.59 Å². The molecule has 24 heavy (non-hydrogen) atoms. The SMILES string of the molecule is C=CC(=O)NCc1ccc(C=CC23CCC(CC2=O)C3(C)C)cc1. The van der Waals surface area contributed by atoms with Crippen LogP contribution in [0, 0.1) is 16.7 Å². The van der Waals surface area contributed by atoms with Gasteiger partial charge in [-0.1, -0.05) is 56.8 Å². The number of rotatable bonds is 5. The molecule has 126 valence electrons. The summed E-state index contributed by atoms with van der Waals surface area (Å²) < 4.78 is 0. The van der Waals surface area contributed by atoms with Crippen molar-refractivity contribution in [1.29, 1.82) is 0 Å². The molecule has 2 fully saturated rings. The van der Waals surface area contributed by atoms with Crippen LogP contribution in [0.1, 0.15) is 44.2 Å². The molecular formula is C21H25NO2. The molecule has 2 aliphatic carbocycles. The van der Waals surface area contributed by atoms with E-state index in [1.807, 2.05) is 24.3 Å². The van der Waals surface area contributed by atoms with Crippen LogP contribution >= 0.6 is 0 Å². The van der Waals surface area contributed by atoms with Crippen molar-refractivity contribution in [3.8, 4) is 0 Å². The summed E-state index contributed by atoms with van der Waals surface area (Å²) in [6.07, 6.45) is 8.37. The molecule has 1 N–H and O–H groups in total. The lowest BCUT2D eigenvalue weighted by molar-refractivity contribution is -0.126. The highest BCUT2D eigenvalue weighted by atomic mass is 16.1. The van der Waals surface area contributed by atoms with E-state index in [1.165, 1.54) is 6.08 Å². The van der Waals surface area contributed by atoms with E-state index in [9.17, 15) is 9.59 Å². The fraction of sp³-hybridized carbons (Fsp3) is 0.429. The van der Waals surface area contributed by atoms with Crippen molar-refractivity contribution in [3.05, 3.63) is 54.1 Å². The van der Waals surface area contributed by atoms with Crippen LogP contribution in [-0.2, 0) is 16.1 Å². The van der Waals surface area contributed by atoms with Gasteiger partial charge in [0.15, 0.2) is 0 Å². The first kappa shape index (κ1) is 16.7. The summed E-state index contributed by atoms with van der Waals surface area (Å²) in [6.45, 7) is 8.41. The van der Waals surface area contributed by atoms with Crippen molar-refractivity contribution in [3.63, 3.8) is 0 Å². The van der Waals surface area contributed by atoms with Gasteiger partial charge in [0.25, 0.3) is 0 Å². The van der Waals surface area contributed by atoms with E-state index < -0.39 is 0 Å². The number of fused-ring (bicyclic) bond motifs is 2. The van der Waals surface area contributed by atoms with Gasteiger partial charge in [0, 0.05) is 13.0 Å². The minimum absolute atomic E-state index is 0.0650. The monoisotopic (exact) mass is 323 g/mol. The average molecular weight is 323 g/mol. The quantitative estimate of drug-likeness (QED) is 0.835. The van der Waals surface area contributed by atoms with Crippen molar-refractivity contribution >= 4 is 17.8 Å². The highest BCUT2D eigenvalue weighted by Gasteiger charge is 2.62. The maximum absolute atomic E-state index is 12.5. The predicted molar refractivity (Wildman–Crippen MR) is 96.1 cm³/mol. The molecule has 1 aromatic rings. The molecule has 0 spiro atoms. The minimum Gasteiger partial charge on any atom is -0.348 e. The number of hydrogen-bond acceptors (Lipinski definition) is 2. The molecule has 3 heteroatoms. The largest absolute Gasteiger partial charge is 0.348 e. The van der Waals surface area contributed by atoms with Gasteiger partial charge in [-0.2, -0.15) is 0 Å². The van der Waals surface area contributed by atoms with Gasteiger partial charge in [-0.15, -0.1) is 0 Å². The molecule has 2 saturated carbocycles. The van der Waals surface area contributed by atoms with Gasteiger partial charge in [0.1, 0.15) is 5.78 Å². The molecule has 2 unspecified atom stereocenters. The Morgan fingerprint density at radius 2 is 2.04 bits per heavy atom. The van der Waals surface area contributed by atoms with E-state index >= 15 is 0 Å². The molecular weight excluding hydrogens is 298 g/mol. The summed E-state index contributed by atoms with van der Waals surface area (Å²) in [5.41, 5.74) is 1.91. The lowest BCUT2D eigenvalue weighted by Gasteiger charge is -2.33. The van der Waals surface area contributed by atoms with Crippen molar-refractivity contribution in [2.75, 3.05) is 0 Å². The van der Waals surface area contributed by atoms with Crippen LogP contribution in [-0.4, -0.2) is 11.7 Å². The molecule has 0 aromatic heterocycles. The van der Waals surface area contributed by atoms with E-state index in [-0.39, 0.29) is 16.7 Å². The summed E-state index contributed by atoms with van der Waals surface area (Å²) in [5, 5.41) is 2.76. The number of carbonyl (C=O) groups excluding carboxylic acids is 2. The van der Waals surface area contributed by atoms with Crippen LogP contribution in [0.2, 0.25) is 0 Å². The van der Waals surface area contributed by atoms with E-state index in [4.69, 9.17) is 0 Å². The highest BCUT2D eigenvalue weighted by molar-refractivity contribution is 5.92. The molecule has 2 aliphatic rings. The number of nitrogens with one attached hydrogen (secondary N) is 1. The molecule has 1 amide bonds. The molecule has 0 aliphatic heterocycles. The van der Waals surface area contributed by atoms with Gasteiger partial charge in [0.2, 0.25) is 5.91 Å². The topological polar surface area (TPSA) is 46.2 Å². The van der Waals surface area contributed by atoms with Crippen LogP contribution in [0.5, 0.6) is 0 Å². The Kier molecular flexibility index (Phi) is 4.20. The number of ketones is 1. The standard InChI is InChI=1S/C21H25NO2/c1-4-19(24)22-14-16-7-5-15(6-8-16)9-11-21-12-10-17(13-18(21)23)20(21,2)3/h4-9,11,17H,1,10,12-14H2,2-3H3,(H,22,24). The predicted octanol–water partition coefficient (Wildman–Crippen LogP) is 3.90. The van der Waals surface area contributed by atoms with E-state index in [1.54, 1.807) is 0 Å². The smallest absolute Gasteiger partial charge is 0.243 e. The van der Waals surface area contributed by atoms with Crippen molar-refractivity contribution < 1.29 is 9.59 Å². The van der Waals surface area contributed by atoms with Crippen LogP contribution in [0.25, 0.3) is 6.08 Å². The Hall–Kier alpha value is -2.16. The number of benzene rings is 1. The lowest BCUT2D eigenvalue weighted by atomic mass is 9.68. The first-order valence-corrected chi connectivity index (χ1v) is 8.61. The summed E-state index contributed by atoms with van der Waals surface area (Å²) >= 11 is 0. The normalized spacial score (nSPS) is 27.6. The first-order valence-electron chi connectivity index (χ1n) is 8.61. The van der Waals surface area contributed by atoms with Crippen molar-refractivity contribution in [2.24, 2.45) is 16.7 Å². The molecule has 2 atom stereocenters. The first-order chi connectivity index (χ1) is 11.4. The number of allylic oxidation sites excluding steroid dienone is 1. The van der Waals surface area contributed by atoms with Gasteiger partial charge >= 0.3 is 0 Å². The zero-order valence-corrected chi connectivity index (χ0v) is 14.5. The fourth-order valence-corrected chi connectivity index (χ4v) is 4.35. The van der Waals surface area contributed by atoms with E-state index in [0.717, 1.165) is 30.4 Å². The van der Waals surface area contributed by atoms with Gasteiger partial charge < -0.3 is 5.32 Å². The van der Waals surface area contributed by atoms with Crippen LogP contribution in [0.3, 0.4) is 0 Å². The number of amides is 1. The third-order valence-electron chi connectivity index (χ3n) is 6.18. The van der Waals surface area contributed by atoms with Crippen LogP contribution < -0.4 is 5.32 Å². The molecule has 0 saturated heterocycles. The Morgan fingerprint density at radius 3 is 2.58 bits per heavy atom.